The first-order valence-electron chi connectivity index (χ1n) is 7.52. The van der Waals surface area contributed by atoms with E-state index in [0.29, 0.717) is 6.54 Å². The summed E-state index contributed by atoms with van der Waals surface area (Å²) >= 11 is 0. The number of fused-ring (bicyclic) bond motifs is 1. The van der Waals surface area contributed by atoms with Crippen LogP contribution in [-0.2, 0) is 21.2 Å². The number of benzene rings is 1. The Hall–Kier alpha value is -1.44. The normalized spacial score (nSPS) is 26.3. The van der Waals surface area contributed by atoms with Crippen LogP contribution in [0.15, 0.2) is 24.3 Å². The molecular weight excluding hydrogens is 302 g/mol. The van der Waals surface area contributed by atoms with Gasteiger partial charge in [-0.25, -0.2) is 13.1 Å². The highest BCUT2D eigenvalue weighted by molar-refractivity contribution is 7.88. The van der Waals surface area contributed by atoms with Crippen molar-refractivity contribution in [3.8, 4) is 0 Å². The van der Waals surface area contributed by atoms with Gasteiger partial charge in [0, 0.05) is 24.8 Å². The Kier molecular flexibility index (Phi) is 4.20. The molecule has 0 spiro atoms. The Balaban J connectivity index is 1.68. The topological polar surface area (TPSA) is 78.5 Å². The molecule has 2 heterocycles. The fourth-order valence-electron chi connectivity index (χ4n) is 3.32. The second-order valence-corrected chi connectivity index (χ2v) is 7.85. The average molecular weight is 323 g/mol. The van der Waals surface area contributed by atoms with Crippen LogP contribution in [0.3, 0.4) is 0 Å². The second kappa shape index (κ2) is 5.98. The third-order valence-electron chi connectivity index (χ3n) is 4.31. The van der Waals surface area contributed by atoms with Crippen LogP contribution in [0, 0.1) is 0 Å². The lowest BCUT2D eigenvalue weighted by Crippen LogP contribution is -2.44. The molecule has 2 aliphatic rings. The van der Waals surface area contributed by atoms with E-state index in [0.717, 1.165) is 37.1 Å². The summed E-state index contributed by atoms with van der Waals surface area (Å²) in [5.41, 5.74) is 2.04. The molecule has 0 radical (unpaired) electrons. The van der Waals surface area contributed by atoms with Crippen LogP contribution in [-0.4, -0.2) is 50.7 Å². The van der Waals surface area contributed by atoms with Crippen LogP contribution >= 0.6 is 0 Å². The van der Waals surface area contributed by atoms with Crippen LogP contribution in [0.2, 0.25) is 0 Å². The summed E-state index contributed by atoms with van der Waals surface area (Å²) in [6.07, 6.45) is 3.52. The first-order chi connectivity index (χ1) is 10.4. The van der Waals surface area contributed by atoms with Crippen molar-refractivity contribution in [3.63, 3.8) is 0 Å². The van der Waals surface area contributed by atoms with Gasteiger partial charge in [0.05, 0.1) is 12.3 Å². The Morgan fingerprint density at radius 1 is 1.27 bits per heavy atom. The zero-order valence-corrected chi connectivity index (χ0v) is 13.4. The summed E-state index contributed by atoms with van der Waals surface area (Å²) in [4.78, 5) is 14.6. The van der Waals surface area contributed by atoms with Crippen molar-refractivity contribution < 1.29 is 13.2 Å². The maximum absolute atomic E-state index is 12.5. The summed E-state index contributed by atoms with van der Waals surface area (Å²) < 4.78 is 25.3. The summed E-state index contributed by atoms with van der Waals surface area (Å²) in [5, 5.41) is 2.99. The highest BCUT2D eigenvalue weighted by atomic mass is 32.2. The minimum atomic E-state index is -3.20. The smallest absolute Gasteiger partial charge is 0.241 e. The predicted molar refractivity (Wildman–Crippen MR) is 85.1 cm³/mol. The van der Waals surface area contributed by atoms with Gasteiger partial charge in [0.2, 0.25) is 15.9 Å². The molecule has 0 aromatic heterocycles. The van der Waals surface area contributed by atoms with Crippen molar-refractivity contribution in [1.29, 1.82) is 0 Å². The van der Waals surface area contributed by atoms with E-state index in [1.165, 1.54) is 6.26 Å². The molecule has 1 saturated heterocycles. The van der Waals surface area contributed by atoms with Crippen molar-refractivity contribution in [2.75, 3.05) is 24.7 Å². The number of nitrogens with one attached hydrogen (secondary N) is 2. The number of carbonyl (C=O) groups is 1. The zero-order chi connectivity index (χ0) is 15.7. The van der Waals surface area contributed by atoms with Crippen LogP contribution in [0.25, 0.3) is 0 Å². The first kappa shape index (κ1) is 15.5. The SMILES string of the molecule is CS(=O)(=O)N[C@@H]1CCN([C@H]2CCc3ccccc3NC2=O)C1. The number of para-hydroxylation sites is 1. The van der Waals surface area contributed by atoms with Gasteiger partial charge in [-0.05, 0) is 30.9 Å². The molecule has 1 amide bonds. The molecule has 7 heteroatoms. The Bertz CT molecular complexity index is 674. The van der Waals surface area contributed by atoms with Gasteiger partial charge in [-0.15, -0.1) is 0 Å². The van der Waals surface area contributed by atoms with Gasteiger partial charge in [0.25, 0.3) is 0 Å². The fraction of sp³-hybridized carbons (Fsp3) is 0.533. The Labute approximate surface area is 130 Å². The monoisotopic (exact) mass is 323 g/mol. The third kappa shape index (κ3) is 3.48. The van der Waals surface area contributed by atoms with Gasteiger partial charge < -0.3 is 5.32 Å². The van der Waals surface area contributed by atoms with Crippen LogP contribution in [0.4, 0.5) is 5.69 Å². The quantitative estimate of drug-likeness (QED) is 0.852. The van der Waals surface area contributed by atoms with E-state index in [1.54, 1.807) is 0 Å². The Morgan fingerprint density at radius 2 is 2.05 bits per heavy atom. The predicted octanol–water partition coefficient (Wildman–Crippen LogP) is 0.563. The molecule has 0 unspecified atom stereocenters. The van der Waals surface area contributed by atoms with Crippen molar-refractivity contribution in [1.82, 2.24) is 9.62 Å². The number of anilines is 1. The molecule has 2 atom stereocenters. The molecule has 2 aliphatic heterocycles. The lowest BCUT2D eigenvalue weighted by Gasteiger charge is -2.25. The van der Waals surface area contributed by atoms with Crippen LogP contribution in [0.1, 0.15) is 18.4 Å². The van der Waals surface area contributed by atoms with E-state index in [4.69, 9.17) is 0 Å². The molecule has 22 heavy (non-hydrogen) atoms. The van der Waals surface area contributed by atoms with Crippen LogP contribution < -0.4 is 10.0 Å². The number of amides is 1. The minimum Gasteiger partial charge on any atom is -0.324 e. The van der Waals surface area contributed by atoms with E-state index >= 15 is 0 Å². The molecule has 1 fully saturated rings. The zero-order valence-electron chi connectivity index (χ0n) is 12.6. The molecule has 3 rings (SSSR count). The maximum Gasteiger partial charge on any atom is 0.241 e. The molecule has 1 aromatic rings. The van der Waals surface area contributed by atoms with Crippen molar-refractivity contribution in [2.45, 2.75) is 31.3 Å². The summed E-state index contributed by atoms with van der Waals surface area (Å²) in [7, 11) is -3.20. The minimum absolute atomic E-state index is 0.00459. The molecule has 120 valence electrons. The second-order valence-electron chi connectivity index (χ2n) is 6.07. The van der Waals surface area contributed by atoms with Gasteiger partial charge in [-0.3, -0.25) is 9.69 Å². The lowest BCUT2D eigenvalue weighted by atomic mass is 10.1. The summed E-state index contributed by atoms with van der Waals surface area (Å²) in [5.74, 6) is 0.00459. The number of sulfonamides is 1. The Morgan fingerprint density at radius 3 is 2.82 bits per heavy atom. The molecule has 0 bridgehead atoms. The molecule has 0 aliphatic carbocycles. The summed E-state index contributed by atoms with van der Waals surface area (Å²) in [6.45, 7) is 1.32. The van der Waals surface area contributed by atoms with Gasteiger partial charge >= 0.3 is 0 Å². The lowest BCUT2D eigenvalue weighted by molar-refractivity contribution is -0.121. The number of hydrogen-bond acceptors (Lipinski definition) is 4. The maximum atomic E-state index is 12.5. The van der Waals surface area contributed by atoms with E-state index < -0.39 is 10.0 Å². The number of carbonyl (C=O) groups excluding carboxylic acids is 1. The largest absolute Gasteiger partial charge is 0.324 e. The number of nitrogens with zero attached hydrogens (tertiary/aromatic N) is 1. The standard InChI is InChI=1S/C15H21N3O3S/c1-22(20,21)17-12-8-9-18(10-12)14-7-6-11-4-2-3-5-13(11)16-15(14)19/h2-5,12,14,17H,6-10H2,1H3,(H,16,19)/t12-,14+/m1/s1. The van der Waals surface area contributed by atoms with E-state index in [1.807, 2.05) is 24.3 Å². The molecule has 2 N–H and O–H groups in total. The first-order valence-corrected chi connectivity index (χ1v) is 9.41. The van der Waals surface area contributed by atoms with Gasteiger partial charge in [0.15, 0.2) is 0 Å². The third-order valence-corrected chi connectivity index (χ3v) is 5.07. The van der Waals surface area contributed by atoms with Crippen LogP contribution in [0.5, 0.6) is 0 Å². The molecule has 6 nitrogen and oxygen atoms in total. The van der Waals surface area contributed by atoms with E-state index in [9.17, 15) is 13.2 Å². The van der Waals surface area contributed by atoms with Gasteiger partial charge in [-0.2, -0.15) is 0 Å². The summed E-state index contributed by atoms with van der Waals surface area (Å²) in [6, 6.07) is 7.56. The van der Waals surface area contributed by atoms with E-state index in [2.05, 4.69) is 14.9 Å². The van der Waals surface area contributed by atoms with Gasteiger partial charge in [-0.1, -0.05) is 18.2 Å². The average Bonchev–Trinajstić information content (AvgIpc) is 2.79. The molecule has 1 aromatic carbocycles. The number of aryl methyl sites for hydroxylation is 1. The van der Waals surface area contributed by atoms with Gasteiger partial charge in [0.1, 0.15) is 0 Å². The fourth-order valence-corrected chi connectivity index (χ4v) is 4.12. The highest BCUT2D eigenvalue weighted by Gasteiger charge is 2.34. The number of hydrogen-bond donors (Lipinski definition) is 2. The molecular formula is C15H21N3O3S. The number of likely N-dealkylation sites (tertiary alicyclic amines) is 1. The number of rotatable bonds is 3. The van der Waals surface area contributed by atoms with Crippen molar-refractivity contribution in [3.05, 3.63) is 29.8 Å². The van der Waals surface area contributed by atoms with Crippen molar-refractivity contribution >= 4 is 21.6 Å². The highest BCUT2D eigenvalue weighted by Crippen LogP contribution is 2.25. The molecule has 0 saturated carbocycles. The van der Waals surface area contributed by atoms with Crippen molar-refractivity contribution in [2.24, 2.45) is 0 Å². The van der Waals surface area contributed by atoms with E-state index in [-0.39, 0.29) is 18.0 Å².